The van der Waals surface area contributed by atoms with Gasteiger partial charge in [-0.15, -0.1) is 0 Å². The van der Waals surface area contributed by atoms with Gasteiger partial charge < -0.3 is 14.6 Å². The summed E-state index contributed by atoms with van der Waals surface area (Å²) in [7, 11) is 1.50. The Hall–Kier alpha value is -1.82. The van der Waals surface area contributed by atoms with Crippen LogP contribution < -0.4 is 9.47 Å². The number of nitro groups is 1. The lowest BCUT2D eigenvalue weighted by Gasteiger charge is -2.35. The molecule has 6 nitrogen and oxygen atoms in total. The van der Waals surface area contributed by atoms with E-state index in [4.69, 9.17) is 9.47 Å². The molecule has 2 rings (SSSR count). The summed E-state index contributed by atoms with van der Waals surface area (Å²) >= 11 is 0. The van der Waals surface area contributed by atoms with Gasteiger partial charge in [0.1, 0.15) is 0 Å². The third-order valence-corrected chi connectivity index (χ3v) is 3.57. The van der Waals surface area contributed by atoms with E-state index in [0.29, 0.717) is 17.9 Å². The summed E-state index contributed by atoms with van der Waals surface area (Å²) in [5, 5.41) is 20.9. The molecule has 1 heterocycles. The zero-order valence-electron chi connectivity index (χ0n) is 10.9. The van der Waals surface area contributed by atoms with Gasteiger partial charge in [-0.3, -0.25) is 10.1 Å². The van der Waals surface area contributed by atoms with E-state index in [2.05, 4.69) is 0 Å². The lowest BCUT2D eigenvalue weighted by Crippen LogP contribution is -2.38. The van der Waals surface area contributed by atoms with Crippen molar-refractivity contribution in [3.8, 4) is 11.5 Å². The van der Waals surface area contributed by atoms with E-state index >= 15 is 0 Å². The lowest BCUT2D eigenvalue weighted by atomic mass is 9.81. The minimum atomic E-state index is -1.04. The second-order valence-electron chi connectivity index (χ2n) is 4.58. The van der Waals surface area contributed by atoms with Crippen LogP contribution in [0.1, 0.15) is 24.8 Å². The Morgan fingerprint density at radius 1 is 1.53 bits per heavy atom. The Morgan fingerprint density at radius 3 is 2.84 bits per heavy atom. The molecule has 104 valence electrons. The van der Waals surface area contributed by atoms with E-state index in [1.165, 1.54) is 7.11 Å². The Kier molecular flexibility index (Phi) is 3.90. The van der Waals surface area contributed by atoms with Crippen molar-refractivity contribution in [3.63, 3.8) is 0 Å². The van der Waals surface area contributed by atoms with E-state index in [9.17, 15) is 15.2 Å². The zero-order chi connectivity index (χ0) is 14.0. The van der Waals surface area contributed by atoms with Crippen LogP contribution in [-0.4, -0.2) is 30.0 Å². The molecule has 1 N–H and O–H groups in total. The molecule has 0 bridgehead atoms. The highest BCUT2D eigenvalue weighted by Crippen LogP contribution is 2.45. The van der Waals surface area contributed by atoms with Crippen molar-refractivity contribution in [1.82, 2.24) is 0 Å². The van der Waals surface area contributed by atoms with Crippen LogP contribution in [0.25, 0.3) is 0 Å². The highest BCUT2D eigenvalue weighted by molar-refractivity contribution is 5.49. The molecule has 3 unspecified atom stereocenters. The van der Waals surface area contributed by atoms with Crippen molar-refractivity contribution in [2.45, 2.75) is 25.6 Å². The number of hydrogen-bond donors (Lipinski definition) is 1. The van der Waals surface area contributed by atoms with Crippen LogP contribution >= 0.6 is 0 Å². The number of ether oxygens (including phenoxy) is 2. The van der Waals surface area contributed by atoms with Gasteiger partial charge in [0.15, 0.2) is 11.5 Å². The average molecular weight is 267 g/mol. The molecule has 1 aromatic rings. The molecule has 0 aliphatic carbocycles. The number of benzene rings is 1. The van der Waals surface area contributed by atoms with Crippen molar-refractivity contribution in [2.24, 2.45) is 5.92 Å². The van der Waals surface area contributed by atoms with Gasteiger partial charge >= 0.3 is 0 Å². The summed E-state index contributed by atoms with van der Waals surface area (Å²) in [5.74, 6) is 0.243. The molecule has 1 aliphatic rings. The Bertz CT molecular complexity index is 476. The van der Waals surface area contributed by atoms with Crippen molar-refractivity contribution in [2.75, 3.05) is 13.7 Å². The summed E-state index contributed by atoms with van der Waals surface area (Å²) in [5.41, 5.74) is 0.730. The first kappa shape index (κ1) is 13.6. The topological polar surface area (TPSA) is 81.8 Å². The lowest BCUT2D eigenvalue weighted by molar-refractivity contribution is -0.486. The Morgan fingerprint density at radius 2 is 2.26 bits per heavy atom. The molecule has 1 aliphatic heterocycles. The molecule has 3 atom stereocenters. The predicted octanol–water partition coefficient (Wildman–Crippen LogP) is 1.79. The van der Waals surface area contributed by atoms with E-state index < -0.39 is 6.29 Å². The molecule has 1 aromatic carbocycles. The Labute approximate surface area is 111 Å². The quantitative estimate of drug-likeness (QED) is 0.664. The number of hydrogen-bond acceptors (Lipinski definition) is 5. The van der Waals surface area contributed by atoms with Crippen LogP contribution in [0.4, 0.5) is 0 Å². The summed E-state index contributed by atoms with van der Waals surface area (Å²) < 4.78 is 10.7. The van der Waals surface area contributed by atoms with Crippen LogP contribution in [-0.2, 0) is 0 Å². The molecule has 6 heteroatoms. The molecule has 0 radical (unpaired) electrons. The fraction of sp³-hybridized carbons (Fsp3) is 0.538. The van der Waals surface area contributed by atoms with Crippen LogP contribution in [0.5, 0.6) is 11.5 Å². The third kappa shape index (κ3) is 2.49. The molecule has 0 aromatic heterocycles. The van der Waals surface area contributed by atoms with Gasteiger partial charge in [-0.05, 0) is 12.5 Å². The smallest absolute Gasteiger partial charge is 0.211 e. The molecular formula is C13H17NO5. The summed E-state index contributed by atoms with van der Waals surface area (Å²) in [6.07, 6.45) is -0.435. The monoisotopic (exact) mass is 267 g/mol. The maximum Gasteiger partial charge on any atom is 0.211 e. The van der Waals surface area contributed by atoms with E-state index in [1.807, 2.05) is 6.92 Å². The first-order valence-corrected chi connectivity index (χ1v) is 6.21. The maximum atomic E-state index is 10.9. The maximum absolute atomic E-state index is 10.9. The van der Waals surface area contributed by atoms with Gasteiger partial charge in [-0.25, -0.2) is 0 Å². The van der Waals surface area contributed by atoms with Crippen LogP contribution in [0.3, 0.4) is 0 Å². The fourth-order valence-electron chi connectivity index (χ4n) is 2.63. The number of nitrogens with zero attached hydrogens (tertiary/aromatic N) is 1. The SMILES string of the molecule is CCC1C(O)Oc2c(OC)cccc2C1C[N+](=O)[O-]. The number of rotatable bonds is 4. The molecule has 0 saturated carbocycles. The molecule has 19 heavy (non-hydrogen) atoms. The van der Waals surface area contributed by atoms with Gasteiger partial charge in [-0.1, -0.05) is 19.1 Å². The highest BCUT2D eigenvalue weighted by atomic mass is 16.6. The first-order valence-electron chi connectivity index (χ1n) is 6.21. The first-order chi connectivity index (χ1) is 9.08. The van der Waals surface area contributed by atoms with Crippen LogP contribution in [0, 0.1) is 16.0 Å². The number of methoxy groups -OCH3 is 1. The molecule has 0 spiro atoms. The van der Waals surface area contributed by atoms with E-state index in [1.54, 1.807) is 18.2 Å². The third-order valence-electron chi connectivity index (χ3n) is 3.57. The number of para-hydroxylation sites is 1. The van der Waals surface area contributed by atoms with Gasteiger partial charge in [0.05, 0.1) is 13.0 Å². The highest BCUT2D eigenvalue weighted by Gasteiger charge is 2.40. The van der Waals surface area contributed by atoms with Gasteiger partial charge in [0, 0.05) is 16.4 Å². The van der Waals surface area contributed by atoms with Gasteiger partial charge in [0.2, 0.25) is 12.8 Å². The van der Waals surface area contributed by atoms with E-state index in [-0.39, 0.29) is 23.3 Å². The number of fused-ring (bicyclic) bond motifs is 1. The summed E-state index contributed by atoms with van der Waals surface area (Å²) in [4.78, 5) is 10.5. The minimum Gasteiger partial charge on any atom is -0.493 e. The summed E-state index contributed by atoms with van der Waals surface area (Å²) in [6, 6.07) is 5.28. The van der Waals surface area contributed by atoms with Gasteiger partial charge in [-0.2, -0.15) is 0 Å². The molecular weight excluding hydrogens is 250 g/mol. The Balaban J connectivity index is 2.47. The fourth-order valence-corrected chi connectivity index (χ4v) is 2.63. The van der Waals surface area contributed by atoms with Crippen LogP contribution in [0.15, 0.2) is 18.2 Å². The zero-order valence-corrected chi connectivity index (χ0v) is 10.9. The second kappa shape index (κ2) is 5.44. The predicted molar refractivity (Wildman–Crippen MR) is 68.0 cm³/mol. The van der Waals surface area contributed by atoms with Crippen molar-refractivity contribution >= 4 is 0 Å². The molecule has 0 saturated heterocycles. The average Bonchev–Trinajstić information content (AvgIpc) is 2.37. The van der Waals surface area contributed by atoms with Crippen molar-refractivity contribution < 1.29 is 19.5 Å². The summed E-state index contributed by atoms with van der Waals surface area (Å²) in [6.45, 7) is 1.66. The van der Waals surface area contributed by atoms with Crippen molar-refractivity contribution in [3.05, 3.63) is 33.9 Å². The van der Waals surface area contributed by atoms with Crippen molar-refractivity contribution in [1.29, 1.82) is 0 Å². The number of aliphatic hydroxyl groups is 1. The molecule has 0 fully saturated rings. The largest absolute Gasteiger partial charge is 0.493 e. The number of aliphatic hydroxyl groups excluding tert-OH is 1. The van der Waals surface area contributed by atoms with E-state index in [0.717, 1.165) is 5.56 Å². The second-order valence-corrected chi connectivity index (χ2v) is 4.58. The molecule has 0 amide bonds. The van der Waals surface area contributed by atoms with Gasteiger partial charge in [0.25, 0.3) is 0 Å². The standard InChI is InChI=1S/C13H17NO5/c1-3-8-10(7-14(16)17)9-5-4-6-11(18-2)12(9)19-13(8)15/h4-6,8,10,13,15H,3,7H2,1-2H3. The normalized spacial score (nSPS) is 25.3. The minimum absolute atomic E-state index is 0.223. The van der Waals surface area contributed by atoms with Crippen LogP contribution in [0.2, 0.25) is 0 Å².